The van der Waals surface area contributed by atoms with Crippen LogP contribution in [0.15, 0.2) is 76.6 Å². The Balaban J connectivity index is 1.67. The maximum Gasteiger partial charge on any atom is 0.292 e. The molecule has 4 aromatic rings. The second-order valence-electron chi connectivity index (χ2n) is 6.28. The molecule has 0 atom stereocenters. The van der Waals surface area contributed by atoms with Gasteiger partial charge in [0.05, 0.1) is 11.6 Å². The number of fused-ring (bicyclic) bond motifs is 2. The molecule has 1 amide bonds. The summed E-state index contributed by atoms with van der Waals surface area (Å²) in [6.45, 7) is 2.19. The first kappa shape index (κ1) is 17.6. The number of amides is 1. The van der Waals surface area contributed by atoms with Crippen molar-refractivity contribution in [1.82, 2.24) is 15.2 Å². The van der Waals surface area contributed by atoms with Gasteiger partial charge in [0.2, 0.25) is 0 Å². The van der Waals surface area contributed by atoms with Crippen molar-refractivity contribution < 1.29 is 4.79 Å². The maximum atomic E-state index is 12.7. The summed E-state index contributed by atoms with van der Waals surface area (Å²) in [6, 6.07) is 20.8. The largest absolute Gasteiger partial charge is 0.292 e. The number of nitrogens with one attached hydrogen (secondary N) is 1. The van der Waals surface area contributed by atoms with Gasteiger partial charge in [-0.2, -0.15) is 10.2 Å². The van der Waals surface area contributed by atoms with Gasteiger partial charge in [-0.1, -0.05) is 60.7 Å². The zero-order valence-corrected chi connectivity index (χ0v) is 15.3. The number of hydrogen-bond donors (Lipinski definition) is 1. The lowest BCUT2D eigenvalue weighted by atomic mass is 10.1. The molecule has 0 spiro atoms. The third-order valence-corrected chi connectivity index (χ3v) is 4.58. The molecule has 4 rings (SSSR count). The van der Waals surface area contributed by atoms with Crippen molar-refractivity contribution in [2.24, 2.45) is 5.10 Å². The van der Waals surface area contributed by atoms with Crippen LogP contribution in [-0.4, -0.2) is 21.9 Å². The Morgan fingerprint density at radius 3 is 2.46 bits per heavy atom. The van der Waals surface area contributed by atoms with E-state index in [1.54, 1.807) is 30.5 Å². The lowest BCUT2D eigenvalue weighted by molar-refractivity contribution is 0.0949. The lowest BCUT2D eigenvalue weighted by Crippen LogP contribution is -2.28. The Labute approximate surface area is 161 Å². The first-order valence-corrected chi connectivity index (χ1v) is 9.00. The van der Waals surface area contributed by atoms with Crippen LogP contribution in [0.3, 0.4) is 0 Å². The second kappa shape index (κ2) is 7.44. The van der Waals surface area contributed by atoms with Gasteiger partial charge in [-0.3, -0.25) is 9.59 Å². The monoisotopic (exact) mass is 370 g/mol. The van der Waals surface area contributed by atoms with Crippen LogP contribution in [0.1, 0.15) is 23.0 Å². The number of carbonyl (C=O) groups is 1. The highest BCUT2D eigenvalue weighted by Crippen LogP contribution is 2.17. The van der Waals surface area contributed by atoms with Gasteiger partial charge >= 0.3 is 0 Å². The van der Waals surface area contributed by atoms with E-state index < -0.39 is 5.91 Å². The van der Waals surface area contributed by atoms with E-state index in [-0.39, 0.29) is 11.3 Å². The molecule has 6 heteroatoms. The van der Waals surface area contributed by atoms with Gasteiger partial charge in [0.1, 0.15) is 0 Å². The predicted octanol–water partition coefficient (Wildman–Crippen LogP) is 3.33. The number of aromatic nitrogens is 2. The number of carbonyl (C=O) groups excluding carboxylic acids is 1. The van der Waals surface area contributed by atoms with Crippen LogP contribution in [0.5, 0.6) is 0 Å². The molecule has 0 bridgehead atoms. The Morgan fingerprint density at radius 2 is 1.68 bits per heavy atom. The molecule has 28 heavy (non-hydrogen) atoms. The molecule has 0 aliphatic rings. The average Bonchev–Trinajstić information content (AvgIpc) is 2.74. The molecule has 1 N–H and O–H groups in total. The standard InChI is InChI=1S/C22H18N4O2/c1-2-26-22(28)19-13-6-5-12-18(19)20(25-26)21(27)24-23-14-16-10-7-9-15-8-3-4-11-17(15)16/h3-14H,2H2,1H3,(H,24,27)/b23-14+. The minimum atomic E-state index is -0.463. The van der Waals surface area contributed by atoms with Crippen molar-refractivity contribution in [1.29, 1.82) is 0 Å². The number of hydrazone groups is 1. The summed E-state index contributed by atoms with van der Waals surface area (Å²) in [5.41, 5.74) is 3.38. The summed E-state index contributed by atoms with van der Waals surface area (Å²) in [5, 5.41) is 11.4. The van der Waals surface area contributed by atoms with Gasteiger partial charge < -0.3 is 0 Å². The molecule has 6 nitrogen and oxygen atoms in total. The molecule has 138 valence electrons. The molecule has 0 aliphatic carbocycles. The SMILES string of the molecule is CCn1nc(C(=O)N/N=C/c2cccc3ccccc23)c2ccccc2c1=O. The summed E-state index contributed by atoms with van der Waals surface area (Å²) in [5.74, 6) is -0.463. The third kappa shape index (κ3) is 3.16. The Hall–Kier alpha value is -3.80. The molecule has 3 aromatic carbocycles. The first-order chi connectivity index (χ1) is 13.7. The molecule has 0 unspecified atom stereocenters. The zero-order valence-electron chi connectivity index (χ0n) is 15.3. The van der Waals surface area contributed by atoms with E-state index in [1.165, 1.54) is 4.68 Å². The zero-order chi connectivity index (χ0) is 19.5. The van der Waals surface area contributed by atoms with Crippen molar-refractivity contribution in [2.45, 2.75) is 13.5 Å². The molecular weight excluding hydrogens is 352 g/mol. The minimum Gasteiger partial charge on any atom is -0.267 e. The van der Waals surface area contributed by atoms with E-state index in [1.807, 2.05) is 49.4 Å². The highest BCUT2D eigenvalue weighted by atomic mass is 16.2. The number of rotatable bonds is 4. The van der Waals surface area contributed by atoms with Gasteiger partial charge in [-0.05, 0) is 23.8 Å². The molecule has 1 aromatic heterocycles. The van der Waals surface area contributed by atoms with Gasteiger partial charge in [0.25, 0.3) is 11.5 Å². The van der Waals surface area contributed by atoms with E-state index in [0.29, 0.717) is 17.3 Å². The van der Waals surface area contributed by atoms with Gasteiger partial charge in [0.15, 0.2) is 5.69 Å². The molecule has 0 fully saturated rings. The molecule has 0 radical (unpaired) electrons. The fourth-order valence-electron chi connectivity index (χ4n) is 3.19. The van der Waals surface area contributed by atoms with Gasteiger partial charge in [0, 0.05) is 17.5 Å². The van der Waals surface area contributed by atoms with Crippen molar-refractivity contribution in [3.05, 3.63) is 88.3 Å². The summed E-state index contributed by atoms with van der Waals surface area (Å²) in [6.07, 6.45) is 1.61. The quantitative estimate of drug-likeness (QED) is 0.442. The first-order valence-electron chi connectivity index (χ1n) is 9.00. The van der Waals surface area contributed by atoms with Gasteiger partial charge in [-0.15, -0.1) is 0 Å². The van der Waals surface area contributed by atoms with Crippen molar-refractivity contribution in [3.63, 3.8) is 0 Å². The van der Waals surface area contributed by atoms with E-state index in [4.69, 9.17) is 0 Å². The summed E-state index contributed by atoms with van der Waals surface area (Å²) in [7, 11) is 0. The Kier molecular flexibility index (Phi) is 4.68. The van der Waals surface area contributed by atoms with Gasteiger partial charge in [-0.25, -0.2) is 10.1 Å². The topological polar surface area (TPSA) is 76.3 Å². The molecular formula is C22H18N4O2. The van der Waals surface area contributed by atoms with E-state index in [2.05, 4.69) is 15.6 Å². The number of aryl methyl sites for hydroxylation is 1. The summed E-state index contributed by atoms with van der Waals surface area (Å²) >= 11 is 0. The predicted molar refractivity (Wildman–Crippen MR) is 111 cm³/mol. The fourth-order valence-corrected chi connectivity index (χ4v) is 3.19. The normalized spacial score (nSPS) is 11.3. The van der Waals surface area contributed by atoms with Crippen LogP contribution in [0.2, 0.25) is 0 Å². The fraction of sp³-hybridized carbons (Fsp3) is 0.0909. The smallest absolute Gasteiger partial charge is 0.267 e. The highest BCUT2D eigenvalue weighted by Gasteiger charge is 2.15. The highest BCUT2D eigenvalue weighted by molar-refractivity contribution is 6.05. The van der Waals surface area contributed by atoms with Crippen LogP contribution in [0, 0.1) is 0 Å². The minimum absolute atomic E-state index is 0.173. The van der Waals surface area contributed by atoms with E-state index in [0.717, 1.165) is 16.3 Å². The number of nitrogens with zero attached hydrogens (tertiary/aromatic N) is 3. The second-order valence-corrected chi connectivity index (χ2v) is 6.28. The Morgan fingerprint density at radius 1 is 1.00 bits per heavy atom. The Bertz CT molecular complexity index is 1270. The molecule has 1 heterocycles. The van der Waals surface area contributed by atoms with Crippen LogP contribution in [0.25, 0.3) is 21.5 Å². The van der Waals surface area contributed by atoms with Crippen molar-refractivity contribution >= 4 is 33.7 Å². The van der Waals surface area contributed by atoms with Crippen LogP contribution in [-0.2, 0) is 6.54 Å². The summed E-state index contributed by atoms with van der Waals surface area (Å²) < 4.78 is 1.28. The van der Waals surface area contributed by atoms with Crippen molar-refractivity contribution in [2.75, 3.05) is 0 Å². The lowest BCUT2D eigenvalue weighted by Gasteiger charge is -2.08. The van der Waals surface area contributed by atoms with Crippen LogP contribution in [0.4, 0.5) is 0 Å². The number of hydrogen-bond acceptors (Lipinski definition) is 4. The molecule has 0 aliphatic heterocycles. The number of benzene rings is 3. The van der Waals surface area contributed by atoms with Crippen molar-refractivity contribution in [3.8, 4) is 0 Å². The maximum absolute atomic E-state index is 12.7. The van der Waals surface area contributed by atoms with E-state index >= 15 is 0 Å². The average molecular weight is 370 g/mol. The van der Waals surface area contributed by atoms with Crippen LogP contribution >= 0.6 is 0 Å². The summed E-state index contributed by atoms with van der Waals surface area (Å²) in [4.78, 5) is 25.1. The molecule has 0 saturated heterocycles. The van der Waals surface area contributed by atoms with Crippen LogP contribution < -0.4 is 11.0 Å². The molecule has 0 saturated carbocycles. The third-order valence-electron chi connectivity index (χ3n) is 4.58. The van der Waals surface area contributed by atoms with E-state index in [9.17, 15) is 9.59 Å².